The summed E-state index contributed by atoms with van der Waals surface area (Å²) in [7, 11) is 5.67. The van der Waals surface area contributed by atoms with Crippen molar-refractivity contribution in [2.24, 2.45) is 0 Å². The van der Waals surface area contributed by atoms with Crippen LogP contribution in [-0.4, -0.2) is 54.3 Å². The van der Waals surface area contributed by atoms with Gasteiger partial charge in [-0.1, -0.05) is 30.8 Å². The van der Waals surface area contributed by atoms with Crippen LogP contribution >= 0.6 is 23.1 Å². The van der Waals surface area contributed by atoms with Crippen LogP contribution in [0.15, 0.2) is 41.7 Å². The molecule has 0 spiro atoms. The van der Waals surface area contributed by atoms with Crippen molar-refractivity contribution in [3.05, 3.63) is 47.1 Å². The smallest absolute Gasteiger partial charge is 0.230 e. The second-order valence-corrected chi connectivity index (χ2v) is 8.89. The summed E-state index contributed by atoms with van der Waals surface area (Å²) < 4.78 is 5.23. The van der Waals surface area contributed by atoms with E-state index in [2.05, 4.69) is 33.2 Å². The van der Waals surface area contributed by atoms with Gasteiger partial charge in [-0.15, -0.1) is 11.3 Å². The Morgan fingerprint density at radius 1 is 1.28 bits per heavy atom. The molecular weight excluding hydrogens is 404 g/mol. The zero-order chi connectivity index (χ0) is 20.8. The second-order valence-electron chi connectivity index (χ2n) is 6.81. The fourth-order valence-electron chi connectivity index (χ4n) is 2.99. The number of carbonyl (C=O) groups is 1. The summed E-state index contributed by atoms with van der Waals surface area (Å²) in [6.07, 6.45) is 2.55. The molecule has 0 bridgehead atoms. The van der Waals surface area contributed by atoms with E-state index in [4.69, 9.17) is 4.74 Å². The van der Waals surface area contributed by atoms with Gasteiger partial charge in [-0.2, -0.15) is 0 Å². The predicted octanol–water partition coefficient (Wildman–Crippen LogP) is 3.77. The van der Waals surface area contributed by atoms with Crippen LogP contribution in [0.5, 0.6) is 5.75 Å². The van der Waals surface area contributed by atoms with Crippen LogP contribution in [0.3, 0.4) is 0 Å². The van der Waals surface area contributed by atoms with E-state index in [1.165, 1.54) is 16.6 Å². The zero-order valence-electron chi connectivity index (χ0n) is 17.1. The number of hydrogen-bond donors (Lipinski definition) is 1. The highest BCUT2D eigenvalue weighted by atomic mass is 32.2. The topological polar surface area (TPSA) is 67.3 Å². The number of thiophene rings is 1. The van der Waals surface area contributed by atoms with Gasteiger partial charge >= 0.3 is 0 Å². The Kier molecular flexibility index (Phi) is 7.46. The molecule has 0 fully saturated rings. The van der Waals surface area contributed by atoms with Crippen molar-refractivity contribution in [3.63, 3.8) is 0 Å². The van der Waals surface area contributed by atoms with E-state index in [1.807, 2.05) is 38.4 Å². The number of aromatic nitrogens is 2. The molecule has 3 aromatic rings. The SMILES string of the molecule is CCc1cc2c(SCC(=O)NCC(c3ccc(OC)cc3)N(C)C)ncnc2s1. The lowest BCUT2D eigenvalue weighted by molar-refractivity contribution is -0.118. The minimum absolute atomic E-state index is 0.00642. The lowest BCUT2D eigenvalue weighted by Crippen LogP contribution is -2.35. The number of nitrogens with one attached hydrogen (secondary N) is 1. The lowest BCUT2D eigenvalue weighted by Gasteiger charge is -2.25. The first kappa shape index (κ1) is 21.5. The van der Waals surface area contributed by atoms with Crippen molar-refractivity contribution in [3.8, 4) is 5.75 Å². The molecule has 1 atom stereocenters. The third-order valence-corrected chi connectivity index (χ3v) is 6.84. The van der Waals surface area contributed by atoms with Crippen molar-refractivity contribution >= 4 is 39.2 Å². The first-order chi connectivity index (χ1) is 14.0. The van der Waals surface area contributed by atoms with Gasteiger partial charge in [0.15, 0.2) is 0 Å². The van der Waals surface area contributed by atoms with Crippen LogP contribution in [0.2, 0.25) is 0 Å². The number of aryl methyl sites for hydroxylation is 1. The maximum atomic E-state index is 12.5. The summed E-state index contributed by atoms with van der Waals surface area (Å²) in [5.74, 6) is 1.14. The van der Waals surface area contributed by atoms with Crippen molar-refractivity contribution in [1.29, 1.82) is 0 Å². The van der Waals surface area contributed by atoms with Gasteiger partial charge in [0, 0.05) is 16.8 Å². The molecule has 2 heterocycles. The van der Waals surface area contributed by atoms with E-state index in [0.717, 1.165) is 33.0 Å². The molecule has 0 aliphatic heterocycles. The highest BCUT2D eigenvalue weighted by Crippen LogP contribution is 2.30. The minimum Gasteiger partial charge on any atom is -0.497 e. The number of carbonyl (C=O) groups excluding carboxylic acids is 1. The van der Waals surface area contributed by atoms with Gasteiger partial charge in [-0.25, -0.2) is 9.97 Å². The molecule has 0 aliphatic carbocycles. The van der Waals surface area contributed by atoms with Gasteiger partial charge in [0.2, 0.25) is 5.91 Å². The number of likely N-dealkylation sites (N-methyl/N-ethyl adjacent to an activating group) is 1. The summed E-state index contributed by atoms with van der Waals surface area (Å²) in [4.78, 5) is 25.5. The molecule has 0 saturated heterocycles. The average molecular weight is 431 g/mol. The largest absolute Gasteiger partial charge is 0.497 e. The van der Waals surface area contributed by atoms with E-state index >= 15 is 0 Å². The summed E-state index contributed by atoms with van der Waals surface area (Å²) in [6.45, 7) is 2.67. The Morgan fingerprint density at radius 3 is 2.69 bits per heavy atom. The third-order valence-electron chi connectivity index (χ3n) is 4.65. The van der Waals surface area contributed by atoms with Crippen molar-refractivity contribution < 1.29 is 9.53 Å². The minimum atomic E-state index is -0.00642. The summed E-state index contributed by atoms with van der Waals surface area (Å²) in [6, 6.07) is 10.2. The maximum absolute atomic E-state index is 12.5. The molecule has 1 aromatic carbocycles. The first-order valence-electron chi connectivity index (χ1n) is 9.45. The van der Waals surface area contributed by atoms with E-state index in [0.29, 0.717) is 12.3 Å². The fraction of sp³-hybridized carbons (Fsp3) is 0.381. The van der Waals surface area contributed by atoms with Crippen LogP contribution in [0, 0.1) is 0 Å². The molecule has 0 saturated carbocycles. The third kappa shape index (κ3) is 5.46. The average Bonchev–Trinajstić information content (AvgIpc) is 3.16. The standard InChI is InChI=1S/C21H26N4O2S2/c1-5-16-10-17-20(23-13-24-21(17)29-16)28-12-19(26)22-11-18(25(2)3)14-6-8-15(27-4)9-7-14/h6-10,13,18H,5,11-12H2,1-4H3,(H,22,26). The molecule has 8 heteroatoms. The number of fused-ring (bicyclic) bond motifs is 1. The monoisotopic (exact) mass is 430 g/mol. The van der Waals surface area contributed by atoms with E-state index in [-0.39, 0.29) is 11.9 Å². The van der Waals surface area contributed by atoms with Crippen LogP contribution in [0.1, 0.15) is 23.4 Å². The number of hydrogen-bond acceptors (Lipinski definition) is 7. The van der Waals surface area contributed by atoms with Crippen molar-refractivity contribution in [2.45, 2.75) is 24.4 Å². The molecule has 29 heavy (non-hydrogen) atoms. The zero-order valence-corrected chi connectivity index (χ0v) is 18.8. The van der Waals surface area contributed by atoms with Crippen LogP contribution < -0.4 is 10.1 Å². The van der Waals surface area contributed by atoms with E-state index in [9.17, 15) is 4.79 Å². The summed E-state index contributed by atoms with van der Waals surface area (Å²) in [5.41, 5.74) is 1.13. The molecular formula is C21H26N4O2S2. The summed E-state index contributed by atoms with van der Waals surface area (Å²) in [5, 5.41) is 4.95. The Morgan fingerprint density at radius 2 is 2.03 bits per heavy atom. The van der Waals surface area contributed by atoms with Gasteiger partial charge in [-0.3, -0.25) is 4.79 Å². The number of amides is 1. The maximum Gasteiger partial charge on any atom is 0.230 e. The van der Waals surface area contributed by atoms with E-state index < -0.39 is 0 Å². The molecule has 3 rings (SSSR count). The van der Waals surface area contributed by atoms with Crippen LogP contribution in [0.25, 0.3) is 10.2 Å². The molecule has 1 unspecified atom stereocenters. The van der Waals surface area contributed by atoms with Gasteiger partial charge < -0.3 is 15.0 Å². The van der Waals surface area contributed by atoms with Gasteiger partial charge in [0.25, 0.3) is 0 Å². The van der Waals surface area contributed by atoms with Crippen LogP contribution in [-0.2, 0) is 11.2 Å². The van der Waals surface area contributed by atoms with Crippen LogP contribution in [0.4, 0.5) is 0 Å². The highest BCUT2D eigenvalue weighted by Gasteiger charge is 2.16. The number of benzene rings is 1. The molecule has 6 nitrogen and oxygen atoms in total. The second kappa shape index (κ2) is 10.0. The molecule has 0 aliphatic rings. The normalized spacial score (nSPS) is 12.3. The number of rotatable bonds is 9. The molecule has 1 amide bonds. The molecule has 2 aromatic heterocycles. The number of ether oxygens (including phenoxy) is 1. The number of methoxy groups -OCH3 is 1. The molecule has 0 radical (unpaired) electrons. The quantitative estimate of drug-likeness (QED) is 0.412. The van der Waals surface area contributed by atoms with Gasteiger partial charge in [-0.05, 0) is 44.3 Å². The Bertz CT molecular complexity index is 957. The fourth-order valence-corrected chi connectivity index (χ4v) is 4.80. The molecule has 154 valence electrons. The lowest BCUT2D eigenvalue weighted by atomic mass is 10.1. The summed E-state index contributed by atoms with van der Waals surface area (Å²) >= 11 is 3.14. The highest BCUT2D eigenvalue weighted by molar-refractivity contribution is 8.00. The van der Waals surface area contributed by atoms with Gasteiger partial charge in [0.1, 0.15) is 21.9 Å². The Hall–Kier alpha value is -2.16. The Balaban J connectivity index is 1.59. The van der Waals surface area contributed by atoms with E-state index in [1.54, 1.807) is 24.8 Å². The number of nitrogens with zero attached hydrogens (tertiary/aromatic N) is 3. The van der Waals surface area contributed by atoms with Crippen molar-refractivity contribution in [2.75, 3.05) is 33.5 Å². The van der Waals surface area contributed by atoms with Gasteiger partial charge in [0.05, 0.1) is 18.9 Å². The Labute approximate surface area is 179 Å². The first-order valence-corrected chi connectivity index (χ1v) is 11.2. The predicted molar refractivity (Wildman–Crippen MR) is 120 cm³/mol. The number of thioether (sulfide) groups is 1. The molecule has 1 N–H and O–H groups in total. The van der Waals surface area contributed by atoms with Crippen molar-refractivity contribution in [1.82, 2.24) is 20.2 Å².